The highest BCUT2D eigenvalue weighted by Crippen LogP contribution is 2.51. The van der Waals surface area contributed by atoms with Crippen LogP contribution in [0.5, 0.6) is 5.75 Å². The van der Waals surface area contributed by atoms with Crippen molar-refractivity contribution in [3.05, 3.63) is 62.1 Å². The number of carbonyl (C=O) groups is 3. The number of hydrogen-bond acceptors (Lipinski definition) is 9. The Hall–Kier alpha value is -3.27. The lowest BCUT2D eigenvalue weighted by atomic mass is 9.72. The van der Waals surface area contributed by atoms with Gasteiger partial charge in [0.15, 0.2) is 17.3 Å². The normalized spacial score (nSPS) is 26.4. The van der Waals surface area contributed by atoms with Gasteiger partial charge in [-0.25, -0.2) is 0 Å². The largest absolute Gasteiger partial charge is 0.507 e. The Labute approximate surface area is 219 Å². The summed E-state index contributed by atoms with van der Waals surface area (Å²) in [6.07, 6.45) is 0.634. The summed E-state index contributed by atoms with van der Waals surface area (Å²) in [5.74, 6) is -2.76. The molecule has 0 aromatic heterocycles. The van der Waals surface area contributed by atoms with Gasteiger partial charge in [0.25, 0.3) is 0 Å². The molecule has 0 amide bonds. The van der Waals surface area contributed by atoms with Crippen molar-refractivity contribution in [3.8, 4) is 5.75 Å². The number of carbonyl (C=O) groups excluding carboxylic acids is 3. The van der Waals surface area contributed by atoms with Gasteiger partial charge in [0.2, 0.25) is 0 Å². The standard InChI is InChI=1S/C29H31NO8/c1-3-14-5-4-6-17-22(14)28(35)25-24(27(17)34)26(30-37)18-10-15(20(33)12-31)11-21(23(18)29(25)36)38-16-7-8-19(32)13(2)9-16/h4-6,13,15-16,19,21,31-32,36H,3,7-12H2,1-2H3/t13-,15?,16+,19+,21+/m1/s1. The highest BCUT2D eigenvalue weighted by Gasteiger charge is 2.44. The van der Waals surface area contributed by atoms with Crippen LogP contribution in [0.15, 0.2) is 23.4 Å². The molecule has 0 saturated heterocycles. The van der Waals surface area contributed by atoms with Crippen LogP contribution in [0.1, 0.15) is 94.2 Å². The van der Waals surface area contributed by atoms with E-state index in [9.17, 15) is 34.6 Å². The molecule has 2 aromatic carbocycles. The molecule has 1 fully saturated rings. The third-order valence-corrected chi connectivity index (χ3v) is 8.45. The van der Waals surface area contributed by atoms with Gasteiger partial charge in [0.1, 0.15) is 18.0 Å². The molecule has 0 radical (unpaired) electrons. The molecule has 0 aliphatic heterocycles. The number of aliphatic hydroxyl groups excluding tert-OH is 2. The lowest BCUT2D eigenvalue weighted by Gasteiger charge is -2.38. The molecule has 0 heterocycles. The Kier molecular flexibility index (Phi) is 7.02. The minimum absolute atomic E-state index is 0.0146. The smallest absolute Gasteiger partial charge is 0.198 e. The zero-order valence-corrected chi connectivity index (χ0v) is 21.4. The van der Waals surface area contributed by atoms with E-state index in [2.05, 4.69) is 5.18 Å². The summed E-state index contributed by atoms with van der Waals surface area (Å²) in [7, 11) is 0. The van der Waals surface area contributed by atoms with Crippen molar-refractivity contribution in [2.24, 2.45) is 17.0 Å². The van der Waals surface area contributed by atoms with E-state index in [1.165, 1.54) is 6.07 Å². The van der Waals surface area contributed by atoms with Gasteiger partial charge in [-0.2, -0.15) is 0 Å². The van der Waals surface area contributed by atoms with Crippen LogP contribution >= 0.6 is 0 Å². The van der Waals surface area contributed by atoms with Gasteiger partial charge in [-0.3, -0.25) is 14.4 Å². The Morgan fingerprint density at radius 3 is 2.53 bits per heavy atom. The lowest BCUT2D eigenvalue weighted by Crippen LogP contribution is -2.35. The number of ether oxygens (including phenoxy) is 1. The second-order valence-electron chi connectivity index (χ2n) is 10.6. The van der Waals surface area contributed by atoms with Gasteiger partial charge in [-0.15, -0.1) is 4.91 Å². The van der Waals surface area contributed by atoms with E-state index < -0.39 is 47.8 Å². The maximum atomic E-state index is 13.8. The first-order chi connectivity index (χ1) is 18.2. The van der Waals surface area contributed by atoms with E-state index in [0.717, 1.165) is 0 Å². The number of hydrogen-bond donors (Lipinski definition) is 3. The number of aliphatic hydroxyl groups is 2. The molecular weight excluding hydrogens is 490 g/mol. The summed E-state index contributed by atoms with van der Waals surface area (Å²) in [6.45, 7) is 3.07. The van der Waals surface area contributed by atoms with E-state index in [1.54, 1.807) is 12.1 Å². The average Bonchev–Trinajstić information content (AvgIpc) is 2.92. The highest BCUT2D eigenvalue weighted by molar-refractivity contribution is 6.31. The second-order valence-corrected chi connectivity index (χ2v) is 10.6. The van der Waals surface area contributed by atoms with Crippen LogP contribution in [0.2, 0.25) is 0 Å². The molecule has 1 unspecified atom stereocenters. The zero-order valence-electron chi connectivity index (χ0n) is 21.4. The maximum absolute atomic E-state index is 13.8. The van der Waals surface area contributed by atoms with Crippen LogP contribution in [0, 0.1) is 16.7 Å². The Morgan fingerprint density at radius 1 is 1.11 bits per heavy atom. The van der Waals surface area contributed by atoms with Crippen molar-refractivity contribution in [1.82, 2.24) is 0 Å². The van der Waals surface area contributed by atoms with Crippen molar-refractivity contribution < 1.29 is 34.4 Å². The van der Waals surface area contributed by atoms with Gasteiger partial charge < -0.3 is 20.1 Å². The van der Waals surface area contributed by atoms with E-state index >= 15 is 0 Å². The molecule has 9 nitrogen and oxygen atoms in total. The minimum Gasteiger partial charge on any atom is -0.507 e. The van der Waals surface area contributed by atoms with Gasteiger partial charge in [-0.05, 0) is 60.7 Å². The maximum Gasteiger partial charge on any atom is 0.198 e. The van der Waals surface area contributed by atoms with Crippen LogP contribution in [0.25, 0.3) is 0 Å². The molecule has 1 saturated carbocycles. The number of phenols is 1. The van der Waals surface area contributed by atoms with Crippen molar-refractivity contribution >= 4 is 23.0 Å². The van der Waals surface area contributed by atoms with Crippen molar-refractivity contribution in [1.29, 1.82) is 0 Å². The van der Waals surface area contributed by atoms with Crippen LogP contribution in [0.3, 0.4) is 0 Å². The fraction of sp³-hybridized carbons (Fsp3) is 0.483. The number of ketones is 3. The molecule has 2 aromatic rings. The van der Waals surface area contributed by atoms with Crippen molar-refractivity contribution in [2.75, 3.05) is 6.61 Å². The fourth-order valence-electron chi connectivity index (χ4n) is 6.39. The van der Waals surface area contributed by atoms with Crippen LogP contribution in [-0.2, 0) is 22.4 Å². The fourth-order valence-corrected chi connectivity index (χ4v) is 6.39. The van der Waals surface area contributed by atoms with Gasteiger partial charge in [0.05, 0.1) is 29.4 Å². The molecular formula is C29H31NO8. The van der Waals surface area contributed by atoms with E-state index in [0.29, 0.717) is 31.2 Å². The first-order valence-corrected chi connectivity index (χ1v) is 13.1. The molecule has 0 bridgehead atoms. The third-order valence-electron chi connectivity index (χ3n) is 8.45. The molecule has 200 valence electrons. The summed E-state index contributed by atoms with van der Waals surface area (Å²) in [5.41, 5.74) is 0.605. The lowest BCUT2D eigenvalue weighted by molar-refractivity contribution is -0.129. The number of aromatic hydroxyl groups is 1. The number of benzene rings is 2. The molecule has 0 spiro atoms. The van der Waals surface area contributed by atoms with Crippen LogP contribution in [-0.4, -0.2) is 51.5 Å². The number of aryl methyl sites for hydroxylation is 1. The molecule has 3 N–H and O–H groups in total. The summed E-state index contributed by atoms with van der Waals surface area (Å²) in [6, 6.07) is 4.94. The Balaban J connectivity index is 1.69. The van der Waals surface area contributed by atoms with Crippen molar-refractivity contribution in [3.63, 3.8) is 0 Å². The van der Waals surface area contributed by atoms with E-state index in [4.69, 9.17) is 4.74 Å². The zero-order chi connectivity index (χ0) is 27.3. The summed E-state index contributed by atoms with van der Waals surface area (Å²) < 4.78 is 6.41. The van der Waals surface area contributed by atoms with E-state index in [1.807, 2.05) is 13.8 Å². The number of nitroso groups, excluding NO2 is 1. The minimum atomic E-state index is -0.872. The molecule has 9 heteroatoms. The Bertz CT molecular complexity index is 1350. The van der Waals surface area contributed by atoms with Gasteiger partial charge in [0, 0.05) is 22.6 Å². The number of Topliss-reactive ketones (excluding diaryl/α,β-unsaturated/α-hetero) is 1. The number of rotatable bonds is 6. The molecule has 5 atom stereocenters. The third kappa shape index (κ3) is 4.09. The second kappa shape index (κ2) is 10.1. The van der Waals surface area contributed by atoms with Crippen molar-refractivity contribution in [2.45, 2.75) is 70.7 Å². The predicted octanol–water partition coefficient (Wildman–Crippen LogP) is 3.86. The molecule has 5 rings (SSSR count). The summed E-state index contributed by atoms with van der Waals surface area (Å²) >= 11 is 0. The van der Waals surface area contributed by atoms with Crippen LogP contribution in [0.4, 0.5) is 5.69 Å². The van der Waals surface area contributed by atoms with Gasteiger partial charge >= 0.3 is 0 Å². The van der Waals surface area contributed by atoms with Gasteiger partial charge in [-0.1, -0.05) is 32.0 Å². The highest BCUT2D eigenvalue weighted by atomic mass is 16.5. The van der Waals surface area contributed by atoms with E-state index in [-0.39, 0.29) is 63.9 Å². The number of fused-ring (bicyclic) bond motifs is 3. The molecule has 3 aliphatic rings. The topological polar surface area (TPSA) is 151 Å². The number of phenolic OH excluding ortho intramolecular Hbond substituents is 1. The first-order valence-electron chi connectivity index (χ1n) is 13.1. The SMILES string of the molecule is CCc1cccc2c1C(=O)c1c(O)c3c(c(N=O)c1C2=O)CC(C(=O)CO)C[C@@H]3O[C@H]1CC[C@H](O)[C@H](C)C1. The van der Waals surface area contributed by atoms with Crippen LogP contribution < -0.4 is 0 Å². The number of nitrogens with zero attached hydrogens (tertiary/aromatic N) is 1. The first kappa shape index (κ1) is 26.3. The monoisotopic (exact) mass is 521 g/mol. The quantitative estimate of drug-likeness (QED) is 0.414. The summed E-state index contributed by atoms with van der Waals surface area (Å²) in [5, 5.41) is 34.5. The average molecular weight is 522 g/mol. The molecule has 3 aliphatic carbocycles. The predicted molar refractivity (Wildman–Crippen MR) is 137 cm³/mol. The Morgan fingerprint density at radius 2 is 1.87 bits per heavy atom. The summed E-state index contributed by atoms with van der Waals surface area (Å²) in [4.78, 5) is 52.3. The molecule has 38 heavy (non-hydrogen) atoms.